The number of likely N-dealkylation sites (tertiary alicyclic amines) is 2. The molecule has 2 aliphatic rings. The Balaban J connectivity index is 1.61. The topological polar surface area (TPSA) is 130 Å². The van der Waals surface area contributed by atoms with Crippen molar-refractivity contribution in [1.29, 1.82) is 0 Å². The van der Waals surface area contributed by atoms with Gasteiger partial charge in [0.25, 0.3) is 5.91 Å². The summed E-state index contributed by atoms with van der Waals surface area (Å²) in [7, 11) is 0. The van der Waals surface area contributed by atoms with E-state index < -0.39 is 34.4 Å². The Morgan fingerprint density at radius 3 is 2.23 bits per heavy atom. The molecule has 1 aromatic carbocycles. The van der Waals surface area contributed by atoms with Gasteiger partial charge in [-0.15, -0.1) is 0 Å². The van der Waals surface area contributed by atoms with Crippen molar-refractivity contribution in [3.8, 4) is 11.5 Å². The van der Waals surface area contributed by atoms with E-state index in [2.05, 4.69) is 0 Å². The number of amides is 3. The second-order valence-corrected chi connectivity index (χ2v) is 7.84. The van der Waals surface area contributed by atoms with Crippen molar-refractivity contribution in [2.24, 2.45) is 0 Å². The minimum atomic E-state index is -1.17. The molecule has 0 unspecified atom stereocenters. The zero-order chi connectivity index (χ0) is 22.6. The number of benzene rings is 1. The predicted molar refractivity (Wildman–Crippen MR) is 107 cm³/mol. The molecule has 0 saturated carbocycles. The summed E-state index contributed by atoms with van der Waals surface area (Å²) in [6, 6.07) is 4.09. The first kappa shape index (κ1) is 22.5. The van der Waals surface area contributed by atoms with E-state index >= 15 is 0 Å². The van der Waals surface area contributed by atoms with Gasteiger partial charge in [0.2, 0.25) is 6.61 Å². The number of ether oxygens (including phenoxy) is 2. The fourth-order valence-corrected chi connectivity index (χ4v) is 4.14. The van der Waals surface area contributed by atoms with Crippen LogP contribution in [0.25, 0.3) is 0 Å². The maximum Gasteiger partial charge on any atom is 0.521 e. The van der Waals surface area contributed by atoms with Gasteiger partial charge in [0.1, 0.15) is 17.5 Å². The van der Waals surface area contributed by atoms with Crippen LogP contribution in [0.15, 0.2) is 18.2 Å². The van der Waals surface area contributed by atoms with Gasteiger partial charge in [-0.05, 0) is 31.9 Å². The number of carboxylic acids is 1. The Bertz CT molecular complexity index is 878. The second-order valence-electron chi connectivity index (χ2n) is 7.84. The number of hydrogen-bond acceptors (Lipinski definition) is 6. The highest BCUT2D eigenvalue weighted by molar-refractivity contribution is 5.85. The average Bonchev–Trinajstić information content (AvgIpc) is 3.42. The van der Waals surface area contributed by atoms with E-state index in [1.807, 2.05) is 0 Å². The minimum Gasteiger partial charge on any atom is -0.483 e. The van der Waals surface area contributed by atoms with Gasteiger partial charge >= 0.3 is 18.0 Å². The first-order chi connectivity index (χ1) is 14.8. The van der Waals surface area contributed by atoms with Crippen LogP contribution in [0.5, 0.6) is 11.5 Å². The van der Waals surface area contributed by atoms with Crippen LogP contribution in [-0.2, 0) is 14.4 Å². The molecular formula is C21H27N2O8+. The molecule has 0 spiro atoms. The van der Waals surface area contributed by atoms with Crippen LogP contribution in [0.3, 0.4) is 0 Å². The molecule has 168 valence electrons. The molecule has 2 aliphatic heterocycles. The van der Waals surface area contributed by atoms with Crippen molar-refractivity contribution in [3.63, 3.8) is 0 Å². The van der Waals surface area contributed by atoms with Crippen molar-refractivity contribution in [3.05, 3.63) is 23.8 Å². The lowest BCUT2D eigenvalue weighted by molar-refractivity contribution is -0.768. The van der Waals surface area contributed by atoms with Gasteiger partial charge in [0.05, 0.1) is 13.1 Å². The van der Waals surface area contributed by atoms with E-state index in [-0.39, 0.29) is 26.3 Å². The number of nitrogens with zero attached hydrogens (tertiary/aromatic N) is 2. The maximum atomic E-state index is 12.6. The maximum absolute atomic E-state index is 12.6. The fourth-order valence-electron chi connectivity index (χ4n) is 4.14. The number of rotatable bonds is 7. The lowest BCUT2D eigenvalue weighted by atomic mass is 10.2. The third kappa shape index (κ3) is 4.63. The van der Waals surface area contributed by atoms with Gasteiger partial charge in [-0.1, -0.05) is 6.07 Å². The van der Waals surface area contributed by atoms with E-state index in [1.165, 1.54) is 4.90 Å². The van der Waals surface area contributed by atoms with Gasteiger partial charge in [0.15, 0.2) is 6.61 Å². The molecule has 3 amide bonds. The number of imide groups is 1. The lowest BCUT2D eigenvalue weighted by Crippen LogP contribution is -2.56. The van der Waals surface area contributed by atoms with E-state index in [0.29, 0.717) is 49.3 Å². The lowest BCUT2D eigenvalue weighted by Gasteiger charge is -2.24. The Labute approximate surface area is 179 Å². The number of carbonyl (C=O) groups excluding carboxylic acids is 2. The normalized spacial score (nSPS) is 19.8. The van der Waals surface area contributed by atoms with Crippen molar-refractivity contribution in [1.82, 2.24) is 4.90 Å². The molecule has 1 aromatic rings. The molecule has 2 saturated heterocycles. The summed E-state index contributed by atoms with van der Waals surface area (Å²) < 4.78 is 10.6. The molecule has 0 aromatic heterocycles. The minimum absolute atomic E-state index is 0.260. The van der Waals surface area contributed by atoms with Gasteiger partial charge in [0, 0.05) is 24.9 Å². The smallest absolute Gasteiger partial charge is 0.483 e. The number of aliphatic carboxylic acids is 1. The molecule has 0 aliphatic carbocycles. The highest BCUT2D eigenvalue weighted by atomic mass is 16.5. The molecule has 31 heavy (non-hydrogen) atoms. The van der Waals surface area contributed by atoms with Crippen LogP contribution in [-0.4, -0.2) is 82.4 Å². The molecule has 2 N–H and O–H groups in total. The molecule has 0 radical (unpaired) electrons. The number of quaternary nitrogens is 1. The Morgan fingerprint density at radius 1 is 1.03 bits per heavy atom. The Hall–Kier alpha value is -3.14. The van der Waals surface area contributed by atoms with Gasteiger partial charge in [-0.3, -0.25) is 4.79 Å². The molecule has 10 heteroatoms. The summed E-state index contributed by atoms with van der Waals surface area (Å²) in [6.45, 7) is 1.90. The van der Waals surface area contributed by atoms with E-state index in [9.17, 15) is 29.4 Å². The largest absolute Gasteiger partial charge is 0.521 e. The molecule has 10 nitrogen and oxygen atoms in total. The third-order valence-corrected chi connectivity index (χ3v) is 5.97. The van der Waals surface area contributed by atoms with E-state index in [4.69, 9.17) is 9.47 Å². The zero-order valence-electron chi connectivity index (χ0n) is 17.4. The summed E-state index contributed by atoms with van der Waals surface area (Å²) in [6.07, 6.45) is 1.24. The SMILES string of the molecule is Cc1c(OCC(=O)N2CCC[C@@H]2C(=O)O)cccc1OCC(=O)[N+]1(C(=O)O)CCCC1. The first-order valence-corrected chi connectivity index (χ1v) is 10.3. The number of hydrogen-bond donors (Lipinski definition) is 2. The van der Waals surface area contributed by atoms with Gasteiger partial charge in [-0.25, -0.2) is 9.59 Å². The van der Waals surface area contributed by atoms with Crippen molar-refractivity contribution in [2.75, 3.05) is 32.8 Å². The van der Waals surface area contributed by atoms with Crippen molar-refractivity contribution >= 4 is 23.9 Å². The Morgan fingerprint density at radius 2 is 1.65 bits per heavy atom. The third-order valence-electron chi connectivity index (χ3n) is 5.97. The Kier molecular flexibility index (Phi) is 6.79. The standard InChI is InChI=1S/C21H26N2O8/c1-14-16(30-12-18(24)22-9-5-6-15(22)20(26)27)7-4-8-17(14)31-13-19(25)23(21(28)29)10-2-3-11-23/h4,7-8,15H,2-3,5-6,9-13H2,1H3,(H-,26,27,28,29)/p+1/t15-/m1/s1. The van der Waals surface area contributed by atoms with Gasteiger partial charge < -0.3 is 24.6 Å². The fraction of sp³-hybridized carbons (Fsp3) is 0.524. The predicted octanol–water partition coefficient (Wildman–Crippen LogP) is 1.64. The van der Waals surface area contributed by atoms with Crippen LogP contribution < -0.4 is 9.47 Å². The molecule has 3 rings (SSSR count). The van der Waals surface area contributed by atoms with Crippen LogP contribution in [0.2, 0.25) is 0 Å². The quantitative estimate of drug-likeness (QED) is 0.618. The highest BCUT2D eigenvalue weighted by Crippen LogP contribution is 2.28. The van der Waals surface area contributed by atoms with Gasteiger partial charge in [-0.2, -0.15) is 9.28 Å². The summed E-state index contributed by atoms with van der Waals surface area (Å²) in [5.74, 6) is -1.23. The molecule has 2 fully saturated rings. The van der Waals surface area contributed by atoms with Crippen LogP contribution >= 0.6 is 0 Å². The van der Waals surface area contributed by atoms with Crippen molar-refractivity contribution in [2.45, 2.75) is 38.6 Å². The summed E-state index contributed by atoms with van der Waals surface area (Å²) in [5.41, 5.74) is 0.558. The zero-order valence-corrected chi connectivity index (χ0v) is 17.4. The second kappa shape index (κ2) is 9.34. The molecule has 1 atom stereocenters. The molecule has 2 heterocycles. The number of carbonyl (C=O) groups is 4. The van der Waals surface area contributed by atoms with E-state index in [1.54, 1.807) is 25.1 Å². The summed E-state index contributed by atoms with van der Waals surface area (Å²) in [4.78, 5) is 49.1. The first-order valence-electron chi connectivity index (χ1n) is 10.3. The monoisotopic (exact) mass is 435 g/mol. The number of carboxylic acid groups (broad SMARTS) is 2. The van der Waals surface area contributed by atoms with Crippen molar-refractivity contribution < 1.29 is 43.3 Å². The molecular weight excluding hydrogens is 408 g/mol. The highest BCUT2D eigenvalue weighted by Gasteiger charge is 2.47. The molecule has 0 bridgehead atoms. The van der Waals surface area contributed by atoms with E-state index in [0.717, 1.165) is 0 Å². The summed E-state index contributed by atoms with van der Waals surface area (Å²) >= 11 is 0. The average molecular weight is 435 g/mol. The van der Waals surface area contributed by atoms with Crippen LogP contribution in [0, 0.1) is 6.92 Å². The summed E-state index contributed by atoms with van der Waals surface area (Å²) in [5, 5.41) is 18.7. The van der Waals surface area contributed by atoms with Crippen LogP contribution in [0.1, 0.15) is 31.2 Å². The van der Waals surface area contributed by atoms with Crippen LogP contribution in [0.4, 0.5) is 4.79 Å².